The zero-order chi connectivity index (χ0) is 10.1. The van der Waals surface area contributed by atoms with Crippen molar-refractivity contribution in [2.24, 2.45) is 0 Å². The van der Waals surface area contributed by atoms with Crippen LogP contribution in [0.5, 0.6) is 5.88 Å². The Morgan fingerprint density at radius 3 is 2.77 bits per heavy atom. The molecular weight excluding hydrogens is 215 g/mol. The standard InChI is InChI=1S/C5H9N2O4PS/c1-2-11-3-4(12(8,9)10)13-5(6)7-3/h2H2,1H3,(H2,6,7)(H2,8,9,10). The van der Waals surface area contributed by atoms with Crippen molar-refractivity contribution in [3.05, 3.63) is 0 Å². The zero-order valence-corrected chi connectivity index (χ0v) is 8.51. The first kappa shape index (κ1) is 10.5. The topological polar surface area (TPSA) is 106 Å². The van der Waals surface area contributed by atoms with Crippen molar-refractivity contribution in [1.82, 2.24) is 4.98 Å². The van der Waals surface area contributed by atoms with E-state index in [9.17, 15) is 4.57 Å². The van der Waals surface area contributed by atoms with Gasteiger partial charge in [0, 0.05) is 0 Å². The monoisotopic (exact) mass is 224 g/mol. The van der Waals surface area contributed by atoms with Gasteiger partial charge in [-0.25, -0.2) is 0 Å². The van der Waals surface area contributed by atoms with E-state index in [-0.39, 0.29) is 22.2 Å². The third-order valence-corrected chi connectivity index (χ3v) is 3.52. The molecule has 0 aliphatic rings. The highest BCUT2D eigenvalue weighted by Gasteiger charge is 2.27. The summed E-state index contributed by atoms with van der Waals surface area (Å²) in [4.78, 5) is 21.4. The quantitative estimate of drug-likeness (QED) is 0.620. The predicted molar refractivity (Wildman–Crippen MR) is 49.4 cm³/mol. The van der Waals surface area contributed by atoms with Crippen LogP contribution in [-0.2, 0) is 4.57 Å². The Labute approximate surface area is 78.5 Å². The molecule has 0 saturated heterocycles. The maximum Gasteiger partial charge on any atom is 0.371 e. The Bertz CT molecular complexity index is 346. The van der Waals surface area contributed by atoms with Gasteiger partial charge in [-0.3, -0.25) is 4.57 Å². The van der Waals surface area contributed by atoms with Crippen LogP contribution in [0.3, 0.4) is 0 Å². The molecule has 6 nitrogen and oxygen atoms in total. The molecule has 0 aromatic carbocycles. The summed E-state index contributed by atoms with van der Waals surface area (Å²) in [5.41, 5.74) is 5.29. The van der Waals surface area contributed by atoms with Crippen LogP contribution in [0.4, 0.5) is 5.13 Å². The van der Waals surface area contributed by atoms with Gasteiger partial charge in [0.15, 0.2) is 9.75 Å². The van der Waals surface area contributed by atoms with Crippen LogP contribution in [0.1, 0.15) is 6.92 Å². The Balaban J connectivity index is 3.12. The number of nitrogens with zero attached hydrogens (tertiary/aromatic N) is 1. The zero-order valence-electron chi connectivity index (χ0n) is 6.80. The number of hydrogen-bond donors (Lipinski definition) is 3. The smallest absolute Gasteiger partial charge is 0.371 e. The van der Waals surface area contributed by atoms with E-state index in [2.05, 4.69) is 4.98 Å². The van der Waals surface area contributed by atoms with E-state index in [1.807, 2.05) is 0 Å². The van der Waals surface area contributed by atoms with Crippen molar-refractivity contribution >= 4 is 28.7 Å². The molecule has 4 N–H and O–H groups in total. The van der Waals surface area contributed by atoms with Crippen molar-refractivity contribution < 1.29 is 19.1 Å². The second kappa shape index (κ2) is 3.63. The molecule has 1 rings (SSSR count). The molecule has 0 aliphatic carbocycles. The van der Waals surface area contributed by atoms with E-state index in [0.29, 0.717) is 0 Å². The number of anilines is 1. The molecular formula is C5H9N2O4PS. The summed E-state index contributed by atoms with van der Waals surface area (Å²) in [5, 5.41) is 0.0850. The third-order valence-electron chi connectivity index (χ3n) is 1.14. The van der Waals surface area contributed by atoms with Crippen LogP contribution in [0, 0.1) is 0 Å². The molecule has 13 heavy (non-hydrogen) atoms. The fourth-order valence-corrected chi connectivity index (χ4v) is 2.37. The number of thiazole rings is 1. The minimum absolute atomic E-state index is 0.0710. The number of ether oxygens (including phenoxy) is 1. The molecule has 0 radical (unpaired) electrons. The highest BCUT2D eigenvalue weighted by Crippen LogP contribution is 2.40. The number of nitrogen functional groups attached to an aromatic ring is 1. The summed E-state index contributed by atoms with van der Waals surface area (Å²) in [7, 11) is -4.31. The van der Waals surface area contributed by atoms with Crippen molar-refractivity contribution in [3.8, 4) is 5.88 Å². The highest BCUT2D eigenvalue weighted by molar-refractivity contribution is 7.67. The normalized spacial score (nSPS) is 11.6. The molecule has 0 unspecified atom stereocenters. The lowest BCUT2D eigenvalue weighted by Gasteiger charge is -2.02. The average Bonchev–Trinajstić information content (AvgIpc) is 2.30. The summed E-state index contributed by atoms with van der Waals surface area (Å²) in [6.07, 6.45) is 0. The first-order chi connectivity index (χ1) is 5.95. The third kappa shape index (κ3) is 2.41. The van der Waals surface area contributed by atoms with Crippen molar-refractivity contribution in [2.45, 2.75) is 6.92 Å². The van der Waals surface area contributed by atoms with E-state index in [1.54, 1.807) is 6.92 Å². The average molecular weight is 224 g/mol. The van der Waals surface area contributed by atoms with Gasteiger partial charge in [-0.1, -0.05) is 11.3 Å². The van der Waals surface area contributed by atoms with E-state index >= 15 is 0 Å². The molecule has 0 amide bonds. The van der Waals surface area contributed by atoms with E-state index in [1.165, 1.54) is 0 Å². The molecule has 0 atom stereocenters. The molecule has 0 aliphatic heterocycles. The van der Waals surface area contributed by atoms with E-state index < -0.39 is 7.60 Å². The maximum absolute atomic E-state index is 10.9. The lowest BCUT2D eigenvalue weighted by atomic mass is 10.8. The molecule has 0 fully saturated rings. The van der Waals surface area contributed by atoms with Gasteiger partial charge in [-0.05, 0) is 6.92 Å². The van der Waals surface area contributed by atoms with Gasteiger partial charge < -0.3 is 20.3 Å². The number of hydrogen-bond acceptors (Lipinski definition) is 5. The van der Waals surface area contributed by atoms with Gasteiger partial charge in [0.2, 0.25) is 5.88 Å². The van der Waals surface area contributed by atoms with Gasteiger partial charge in [0.25, 0.3) is 0 Å². The van der Waals surface area contributed by atoms with Crippen molar-refractivity contribution in [3.63, 3.8) is 0 Å². The van der Waals surface area contributed by atoms with Crippen LogP contribution in [0.25, 0.3) is 0 Å². The summed E-state index contributed by atoms with van der Waals surface area (Å²) < 4.78 is 15.6. The Hall–Kier alpha value is -0.620. The lowest BCUT2D eigenvalue weighted by Crippen LogP contribution is -2.05. The lowest BCUT2D eigenvalue weighted by molar-refractivity contribution is 0.329. The molecule has 1 aromatic rings. The summed E-state index contributed by atoms with van der Waals surface area (Å²) in [6, 6.07) is 0. The molecule has 0 bridgehead atoms. The van der Waals surface area contributed by atoms with Gasteiger partial charge in [-0.15, -0.1) is 0 Å². The van der Waals surface area contributed by atoms with Crippen LogP contribution in [0.2, 0.25) is 0 Å². The van der Waals surface area contributed by atoms with Crippen LogP contribution < -0.4 is 15.1 Å². The van der Waals surface area contributed by atoms with Crippen molar-refractivity contribution in [1.29, 1.82) is 0 Å². The molecule has 8 heteroatoms. The van der Waals surface area contributed by atoms with E-state index in [0.717, 1.165) is 11.3 Å². The second-order valence-corrected chi connectivity index (χ2v) is 5.01. The minimum atomic E-state index is -4.31. The molecule has 74 valence electrons. The van der Waals surface area contributed by atoms with E-state index in [4.69, 9.17) is 20.3 Å². The minimum Gasteiger partial charge on any atom is -0.477 e. The molecule has 1 aromatic heterocycles. The van der Waals surface area contributed by atoms with Gasteiger partial charge in [-0.2, -0.15) is 4.98 Å². The largest absolute Gasteiger partial charge is 0.477 e. The molecule has 1 heterocycles. The van der Waals surface area contributed by atoms with Crippen LogP contribution >= 0.6 is 18.9 Å². The van der Waals surface area contributed by atoms with Crippen LogP contribution in [0.15, 0.2) is 0 Å². The van der Waals surface area contributed by atoms with Gasteiger partial charge in [0.1, 0.15) is 0 Å². The predicted octanol–water partition coefficient (Wildman–Crippen LogP) is -0.0730. The number of rotatable bonds is 3. The van der Waals surface area contributed by atoms with Gasteiger partial charge in [0.05, 0.1) is 6.61 Å². The van der Waals surface area contributed by atoms with Gasteiger partial charge >= 0.3 is 7.60 Å². The first-order valence-corrected chi connectivity index (χ1v) is 5.83. The molecule has 0 saturated carbocycles. The SMILES string of the molecule is CCOc1nc(N)sc1P(=O)(O)O. The summed E-state index contributed by atoms with van der Waals surface area (Å²) in [5.74, 6) is -0.0710. The number of aromatic nitrogens is 1. The Morgan fingerprint density at radius 2 is 2.31 bits per heavy atom. The maximum atomic E-state index is 10.9. The Morgan fingerprint density at radius 1 is 1.69 bits per heavy atom. The van der Waals surface area contributed by atoms with Crippen molar-refractivity contribution in [2.75, 3.05) is 12.3 Å². The summed E-state index contributed by atoms with van der Waals surface area (Å²) >= 11 is 0.740. The number of nitrogens with two attached hydrogens (primary N) is 1. The first-order valence-electron chi connectivity index (χ1n) is 3.40. The highest BCUT2D eigenvalue weighted by atomic mass is 32.1. The van der Waals surface area contributed by atoms with Crippen LogP contribution in [-0.4, -0.2) is 21.4 Å². The molecule has 0 spiro atoms. The fraction of sp³-hybridized carbons (Fsp3) is 0.400. The second-order valence-electron chi connectivity index (χ2n) is 2.14. The fourth-order valence-electron chi connectivity index (χ4n) is 0.728. The summed E-state index contributed by atoms with van der Waals surface area (Å²) in [6.45, 7) is 1.98. The Kier molecular flexibility index (Phi) is 2.92.